The van der Waals surface area contributed by atoms with E-state index in [-0.39, 0.29) is 0 Å². The number of likely N-dealkylation sites (N-methyl/N-ethyl adjacent to an activating group) is 1. The third-order valence-electron chi connectivity index (χ3n) is 2.52. The molecular formula is C8H18N2O2. The van der Waals surface area contributed by atoms with Crippen LogP contribution < -0.4 is 5.90 Å². The van der Waals surface area contributed by atoms with Gasteiger partial charge >= 0.3 is 0 Å². The molecule has 72 valence electrons. The SMILES string of the molecule is CCN1CC(OC)CC1CON. The Bertz CT molecular complexity index is 132. The average Bonchev–Trinajstić information content (AvgIpc) is 2.48. The molecule has 2 unspecified atom stereocenters. The molecule has 0 aromatic rings. The first-order valence-electron chi connectivity index (χ1n) is 4.40. The van der Waals surface area contributed by atoms with Crippen molar-refractivity contribution in [2.75, 3.05) is 26.8 Å². The molecule has 1 rings (SSSR count). The van der Waals surface area contributed by atoms with Gasteiger partial charge in [0.15, 0.2) is 0 Å². The summed E-state index contributed by atoms with van der Waals surface area (Å²) in [7, 11) is 1.75. The molecule has 2 N–H and O–H groups in total. The third kappa shape index (κ3) is 2.17. The second-order valence-electron chi connectivity index (χ2n) is 3.17. The van der Waals surface area contributed by atoms with Crippen LogP contribution in [0.4, 0.5) is 0 Å². The molecule has 1 fully saturated rings. The number of hydrogen-bond acceptors (Lipinski definition) is 4. The van der Waals surface area contributed by atoms with Gasteiger partial charge in [0.05, 0.1) is 12.7 Å². The molecule has 4 heteroatoms. The minimum Gasteiger partial charge on any atom is -0.380 e. The maximum atomic E-state index is 5.28. The molecule has 1 aliphatic heterocycles. The van der Waals surface area contributed by atoms with Crippen molar-refractivity contribution in [1.82, 2.24) is 4.90 Å². The summed E-state index contributed by atoms with van der Waals surface area (Å²) >= 11 is 0. The maximum Gasteiger partial charge on any atom is 0.0835 e. The van der Waals surface area contributed by atoms with E-state index in [9.17, 15) is 0 Å². The van der Waals surface area contributed by atoms with Crippen molar-refractivity contribution in [3.05, 3.63) is 0 Å². The summed E-state index contributed by atoms with van der Waals surface area (Å²) in [6, 6.07) is 0.435. The minimum atomic E-state index is 0.352. The molecule has 0 aromatic heterocycles. The Labute approximate surface area is 73.6 Å². The fourth-order valence-electron chi connectivity index (χ4n) is 1.78. The first-order valence-corrected chi connectivity index (χ1v) is 4.40. The molecule has 0 bridgehead atoms. The molecule has 0 radical (unpaired) electrons. The van der Waals surface area contributed by atoms with E-state index in [1.807, 2.05) is 0 Å². The molecule has 4 nitrogen and oxygen atoms in total. The van der Waals surface area contributed by atoms with Crippen LogP contribution in [-0.2, 0) is 9.57 Å². The first kappa shape index (κ1) is 9.92. The fraction of sp³-hybridized carbons (Fsp3) is 1.00. The van der Waals surface area contributed by atoms with Gasteiger partial charge in [-0.3, -0.25) is 4.90 Å². The molecule has 1 aliphatic rings. The van der Waals surface area contributed by atoms with E-state index in [1.165, 1.54) is 0 Å². The van der Waals surface area contributed by atoms with Gasteiger partial charge in [-0.05, 0) is 13.0 Å². The van der Waals surface area contributed by atoms with Crippen LogP contribution in [0, 0.1) is 0 Å². The molecule has 12 heavy (non-hydrogen) atoms. The van der Waals surface area contributed by atoms with Gasteiger partial charge in [-0.15, -0.1) is 0 Å². The largest absolute Gasteiger partial charge is 0.380 e. The monoisotopic (exact) mass is 174 g/mol. The van der Waals surface area contributed by atoms with Crippen LogP contribution in [0.25, 0.3) is 0 Å². The van der Waals surface area contributed by atoms with Crippen LogP contribution in [0.1, 0.15) is 13.3 Å². The van der Waals surface area contributed by atoms with E-state index in [0.717, 1.165) is 19.5 Å². The summed E-state index contributed by atoms with van der Waals surface area (Å²) in [5.74, 6) is 5.04. The molecule has 0 saturated carbocycles. The summed E-state index contributed by atoms with van der Waals surface area (Å²) in [5.41, 5.74) is 0. The van der Waals surface area contributed by atoms with Crippen molar-refractivity contribution in [2.45, 2.75) is 25.5 Å². The van der Waals surface area contributed by atoms with Crippen molar-refractivity contribution in [1.29, 1.82) is 0 Å². The smallest absolute Gasteiger partial charge is 0.0835 e. The highest BCUT2D eigenvalue weighted by Gasteiger charge is 2.30. The zero-order valence-corrected chi connectivity index (χ0v) is 7.82. The molecule has 1 saturated heterocycles. The van der Waals surface area contributed by atoms with E-state index in [0.29, 0.717) is 18.8 Å². The number of nitrogens with zero attached hydrogens (tertiary/aromatic N) is 1. The quantitative estimate of drug-likeness (QED) is 0.609. The van der Waals surface area contributed by atoms with Crippen LogP contribution in [0.2, 0.25) is 0 Å². The van der Waals surface area contributed by atoms with E-state index in [2.05, 4.69) is 16.7 Å². The number of ether oxygens (including phenoxy) is 1. The Morgan fingerprint density at radius 2 is 2.33 bits per heavy atom. The third-order valence-corrected chi connectivity index (χ3v) is 2.52. The lowest BCUT2D eigenvalue weighted by Crippen LogP contribution is -2.33. The Balaban J connectivity index is 2.39. The van der Waals surface area contributed by atoms with Gasteiger partial charge in [0.2, 0.25) is 0 Å². The summed E-state index contributed by atoms with van der Waals surface area (Å²) in [6.45, 7) is 4.78. The van der Waals surface area contributed by atoms with E-state index in [4.69, 9.17) is 10.6 Å². The highest BCUT2D eigenvalue weighted by Crippen LogP contribution is 2.19. The predicted molar refractivity (Wildman–Crippen MR) is 46.6 cm³/mol. The molecule has 0 spiro atoms. The lowest BCUT2D eigenvalue weighted by molar-refractivity contribution is 0.0797. The van der Waals surface area contributed by atoms with Crippen molar-refractivity contribution < 1.29 is 9.57 Å². The van der Waals surface area contributed by atoms with Crippen LogP contribution in [0.15, 0.2) is 0 Å². The molecule has 0 amide bonds. The molecular weight excluding hydrogens is 156 g/mol. The molecule has 0 aromatic carbocycles. The van der Waals surface area contributed by atoms with Crippen LogP contribution in [-0.4, -0.2) is 43.9 Å². The first-order chi connectivity index (χ1) is 5.81. The van der Waals surface area contributed by atoms with Gasteiger partial charge in [0, 0.05) is 19.7 Å². The lowest BCUT2D eigenvalue weighted by atomic mass is 10.2. The Hall–Kier alpha value is -0.160. The highest BCUT2D eigenvalue weighted by molar-refractivity contribution is 4.84. The molecule has 1 heterocycles. The summed E-state index contributed by atoms with van der Waals surface area (Å²) in [5, 5.41) is 0. The number of methoxy groups -OCH3 is 1. The van der Waals surface area contributed by atoms with Crippen molar-refractivity contribution in [2.24, 2.45) is 5.90 Å². The fourth-order valence-corrected chi connectivity index (χ4v) is 1.78. The van der Waals surface area contributed by atoms with Crippen LogP contribution in [0.3, 0.4) is 0 Å². The minimum absolute atomic E-state index is 0.352. The standard InChI is InChI=1S/C8H18N2O2/c1-3-10-5-8(11-2)4-7(10)6-12-9/h7-8H,3-6,9H2,1-2H3. The molecule has 0 aliphatic carbocycles. The summed E-state index contributed by atoms with van der Waals surface area (Å²) in [4.78, 5) is 6.99. The Morgan fingerprint density at radius 1 is 1.58 bits per heavy atom. The van der Waals surface area contributed by atoms with Gasteiger partial charge < -0.3 is 9.57 Å². The Kier molecular flexibility index (Phi) is 3.94. The van der Waals surface area contributed by atoms with Gasteiger partial charge in [-0.25, -0.2) is 5.90 Å². The Morgan fingerprint density at radius 3 is 2.83 bits per heavy atom. The number of nitrogens with two attached hydrogens (primary N) is 1. The predicted octanol–water partition coefficient (Wildman–Crippen LogP) is -0.0141. The van der Waals surface area contributed by atoms with E-state index >= 15 is 0 Å². The topological polar surface area (TPSA) is 47.7 Å². The second kappa shape index (κ2) is 4.77. The zero-order chi connectivity index (χ0) is 8.97. The van der Waals surface area contributed by atoms with Crippen molar-refractivity contribution in [3.63, 3.8) is 0 Å². The van der Waals surface area contributed by atoms with Gasteiger partial charge in [-0.1, -0.05) is 6.92 Å². The molecule has 2 atom stereocenters. The number of rotatable bonds is 4. The van der Waals surface area contributed by atoms with Gasteiger partial charge in [0.25, 0.3) is 0 Å². The van der Waals surface area contributed by atoms with Gasteiger partial charge in [-0.2, -0.15) is 0 Å². The second-order valence-corrected chi connectivity index (χ2v) is 3.17. The summed E-state index contributed by atoms with van der Waals surface area (Å²) < 4.78 is 5.28. The summed E-state index contributed by atoms with van der Waals surface area (Å²) in [6.07, 6.45) is 1.38. The average molecular weight is 174 g/mol. The number of likely N-dealkylation sites (tertiary alicyclic amines) is 1. The number of hydrogen-bond donors (Lipinski definition) is 1. The normalized spacial score (nSPS) is 31.2. The van der Waals surface area contributed by atoms with Crippen molar-refractivity contribution >= 4 is 0 Å². The van der Waals surface area contributed by atoms with Crippen LogP contribution >= 0.6 is 0 Å². The van der Waals surface area contributed by atoms with Crippen LogP contribution in [0.5, 0.6) is 0 Å². The lowest BCUT2D eigenvalue weighted by Gasteiger charge is -2.20. The van der Waals surface area contributed by atoms with Gasteiger partial charge in [0.1, 0.15) is 0 Å². The maximum absolute atomic E-state index is 5.28. The van der Waals surface area contributed by atoms with E-state index in [1.54, 1.807) is 7.11 Å². The zero-order valence-electron chi connectivity index (χ0n) is 7.82. The van der Waals surface area contributed by atoms with Crippen molar-refractivity contribution in [3.8, 4) is 0 Å². The van der Waals surface area contributed by atoms with E-state index < -0.39 is 0 Å². The highest BCUT2D eigenvalue weighted by atomic mass is 16.6.